The van der Waals surface area contributed by atoms with Gasteiger partial charge in [0.15, 0.2) is 6.61 Å². The number of carbonyl (C=O) groups excluding carboxylic acids is 1. The van der Waals surface area contributed by atoms with Gasteiger partial charge in [-0.3, -0.25) is 4.79 Å². The lowest BCUT2D eigenvalue weighted by atomic mass is 10.2. The quantitative estimate of drug-likeness (QED) is 0.840. The van der Waals surface area contributed by atoms with E-state index in [1.807, 2.05) is 19.9 Å². The first-order chi connectivity index (χ1) is 8.13. The van der Waals surface area contributed by atoms with Crippen molar-refractivity contribution < 1.29 is 9.53 Å². The molecule has 4 heteroatoms. The van der Waals surface area contributed by atoms with Crippen molar-refractivity contribution in [2.24, 2.45) is 5.92 Å². The van der Waals surface area contributed by atoms with Crippen LogP contribution >= 0.6 is 0 Å². The molecule has 0 saturated heterocycles. The maximum Gasteiger partial charge on any atom is 0.257 e. The van der Waals surface area contributed by atoms with Gasteiger partial charge in [0.25, 0.3) is 5.91 Å². The molecule has 0 aliphatic carbocycles. The molecular weight excluding hydrogens is 216 g/mol. The van der Waals surface area contributed by atoms with E-state index in [-0.39, 0.29) is 12.5 Å². The molecule has 0 heterocycles. The van der Waals surface area contributed by atoms with Gasteiger partial charge in [0.2, 0.25) is 0 Å². The summed E-state index contributed by atoms with van der Waals surface area (Å²) in [5.74, 6) is 0.673. The predicted molar refractivity (Wildman–Crippen MR) is 64.5 cm³/mol. The average molecular weight is 232 g/mol. The first-order valence-corrected chi connectivity index (χ1v) is 5.52. The number of benzene rings is 1. The lowest BCUT2D eigenvalue weighted by Gasteiger charge is -2.09. The molecule has 0 bridgehead atoms. The first kappa shape index (κ1) is 13.0. The summed E-state index contributed by atoms with van der Waals surface area (Å²) in [5, 5.41) is 11.6. The minimum absolute atomic E-state index is 0.0641. The summed E-state index contributed by atoms with van der Waals surface area (Å²) in [7, 11) is 0. The van der Waals surface area contributed by atoms with Crippen molar-refractivity contribution in [1.82, 2.24) is 5.32 Å². The van der Waals surface area contributed by atoms with Crippen molar-refractivity contribution in [1.29, 1.82) is 5.26 Å². The summed E-state index contributed by atoms with van der Waals surface area (Å²) < 4.78 is 5.29. The van der Waals surface area contributed by atoms with Gasteiger partial charge >= 0.3 is 0 Å². The van der Waals surface area contributed by atoms with Crippen molar-refractivity contribution in [2.75, 3.05) is 13.2 Å². The molecule has 0 unspecified atom stereocenters. The van der Waals surface area contributed by atoms with Crippen molar-refractivity contribution in [3.8, 4) is 11.8 Å². The van der Waals surface area contributed by atoms with Gasteiger partial charge in [0.05, 0.1) is 5.56 Å². The summed E-state index contributed by atoms with van der Waals surface area (Å²) in [6.45, 7) is 4.60. The van der Waals surface area contributed by atoms with Crippen LogP contribution in [0, 0.1) is 17.2 Å². The van der Waals surface area contributed by atoms with E-state index in [0.29, 0.717) is 23.8 Å². The Morgan fingerprint density at radius 3 is 2.82 bits per heavy atom. The highest BCUT2D eigenvalue weighted by Crippen LogP contribution is 2.15. The Bertz CT molecular complexity index is 422. The van der Waals surface area contributed by atoms with Crippen LogP contribution < -0.4 is 10.1 Å². The Balaban J connectivity index is 2.45. The zero-order valence-corrected chi connectivity index (χ0v) is 10.1. The van der Waals surface area contributed by atoms with Crippen LogP contribution in [0.1, 0.15) is 19.4 Å². The Morgan fingerprint density at radius 2 is 2.18 bits per heavy atom. The number of nitrogens with one attached hydrogen (secondary N) is 1. The highest BCUT2D eigenvalue weighted by atomic mass is 16.5. The highest BCUT2D eigenvalue weighted by molar-refractivity contribution is 5.77. The molecule has 0 aliphatic heterocycles. The second-order valence-electron chi connectivity index (χ2n) is 4.09. The van der Waals surface area contributed by atoms with Crippen LogP contribution in [0.4, 0.5) is 0 Å². The van der Waals surface area contributed by atoms with E-state index >= 15 is 0 Å². The van der Waals surface area contributed by atoms with E-state index in [1.165, 1.54) is 0 Å². The molecule has 0 spiro atoms. The molecule has 1 N–H and O–H groups in total. The number of carbonyl (C=O) groups is 1. The third-order valence-corrected chi connectivity index (χ3v) is 2.07. The number of hydrogen-bond donors (Lipinski definition) is 1. The van der Waals surface area contributed by atoms with E-state index in [1.54, 1.807) is 24.3 Å². The fraction of sp³-hybridized carbons (Fsp3) is 0.385. The number of nitrogens with zero attached hydrogens (tertiary/aromatic N) is 1. The lowest BCUT2D eigenvalue weighted by Crippen LogP contribution is -2.31. The Hall–Kier alpha value is -2.02. The highest BCUT2D eigenvalue weighted by Gasteiger charge is 2.06. The fourth-order valence-electron chi connectivity index (χ4n) is 1.20. The summed E-state index contributed by atoms with van der Waals surface area (Å²) in [6, 6.07) is 8.86. The molecule has 0 aliphatic rings. The van der Waals surface area contributed by atoms with Crippen LogP contribution in [0.2, 0.25) is 0 Å². The van der Waals surface area contributed by atoms with Crippen molar-refractivity contribution in [2.45, 2.75) is 13.8 Å². The molecule has 0 aromatic heterocycles. The van der Waals surface area contributed by atoms with Gasteiger partial charge in [-0.25, -0.2) is 0 Å². The molecule has 90 valence electrons. The monoisotopic (exact) mass is 232 g/mol. The van der Waals surface area contributed by atoms with Gasteiger partial charge in [0, 0.05) is 6.54 Å². The second kappa shape index (κ2) is 6.54. The van der Waals surface area contributed by atoms with Gasteiger partial charge < -0.3 is 10.1 Å². The van der Waals surface area contributed by atoms with Gasteiger partial charge in [-0.1, -0.05) is 26.0 Å². The number of nitriles is 1. The molecule has 1 rings (SSSR count). The summed E-state index contributed by atoms with van der Waals surface area (Å²) >= 11 is 0. The van der Waals surface area contributed by atoms with E-state index in [4.69, 9.17) is 10.00 Å². The number of ether oxygens (including phenoxy) is 1. The molecule has 1 amide bonds. The zero-order chi connectivity index (χ0) is 12.7. The number of para-hydroxylation sites is 1. The molecule has 0 radical (unpaired) electrons. The van der Waals surface area contributed by atoms with Crippen LogP contribution in [0.3, 0.4) is 0 Å². The minimum atomic E-state index is -0.175. The molecule has 0 fully saturated rings. The van der Waals surface area contributed by atoms with Gasteiger partial charge in [-0.05, 0) is 18.1 Å². The van der Waals surface area contributed by atoms with Crippen LogP contribution in [-0.4, -0.2) is 19.1 Å². The Morgan fingerprint density at radius 1 is 1.47 bits per heavy atom. The Kier molecular flexibility index (Phi) is 5.02. The van der Waals surface area contributed by atoms with Crippen LogP contribution in [0.25, 0.3) is 0 Å². The molecular formula is C13H16N2O2. The molecule has 1 aromatic carbocycles. The summed E-state index contributed by atoms with van der Waals surface area (Å²) in [6.07, 6.45) is 0. The largest absolute Gasteiger partial charge is 0.482 e. The van der Waals surface area contributed by atoms with Crippen LogP contribution in [0.15, 0.2) is 24.3 Å². The second-order valence-corrected chi connectivity index (χ2v) is 4.09. The zero-order valence-electron chi connectivity index (χ0n) is 10.1. The van der Waals surface area contributed by atoms with E-state index in [9.17, 15) is 4.79 Å². The van der Waals surface area contributed by atoms with Crippen LogP contribution in [-0.2, 0) is 4.79 Å². The predicted octanol–water partition coefficient (Wildman–Crippen LogP) is 1.71. The summed E-state index contributed by atoms with van der Waals surface area (Å²) in [4.78, 5) is 11.4. The number of hydrogen-bond acceptors (Lipinski definition) is 3. The molecule has 4 nitrogen and oxygen atoms in total. The van der Waals surface area contributed by atoms with Gasteiger partial charge in [-0.15, -0.1) is 0 Å². The standard InChI is InChI=1S/C13H16N2O2/c1-10(2)8-15-13(16)9-17-12-6-4-3-5-11(12)7-14/h3-6,10H,8-9H2,1-2H3,(H,15,16). The molecule has 1 aromatic rings. The van der Waals surface area contributed by atoms with Gasteiger partial charge in [-0.2, -0.15) is 5.26 Å². The first-order valence-electron chi connectivity index (χ1n) is 5.52. The minimum Gasteiger partial charge on any atom is -0.482 e. The number of amides is 1. The van der Waals surface area contributed by atoms with Crippen molar-refractivity contribution >= 4 is 5.91 Å². The third kappa shape index (κ3) is 4.56. The SMILES string of the molecule is CC(C)CNC(=O)COc1ccccc1C#N. The van der Waals surface area contributed by atoms with Gasteiger partial charge in [0.1, 0.15) is 11.8 Å². The third-order valence-electron chi connectivity index (χ3n) is 2.07. The molecule has 0 atom stereocenters. The number of rotatable bonds is 5. The van der Waals surface area contributed by atoms with E-state index < -0.39 is 0 Å². The average Bonchev–Trinajstić information content (AvgIpc) is 2.34. The maximum absolute atomic E-state index is 11.4. The topological polar surface area (TPSA) is 62.1 Å². The molecule has 0 saturated carbocycles. The fourth-order valence-corrected chi connectivity index (χ4v) is 1.20. The van der Waals surface area contributed by atoms with E-state index in [2.05, 4.69) is 5.32 Å². The van der Waals surface area contributed by atoms with E-state index in [0.717, 1.165) is 0 Å². The maximum atomic E-state index is 11.4. The molecule has 17 heavy (non-hydrogen) atoms. The van der Waals surface area contributed by atoms with Crippen molar-refractivity contribution in [3.05, 3.63) is 29.8 Å². The smallest absolute Gasteiger partial charge is 0.257 e. The van der Waals surface area contributed by atoms with Crippen LogP contribution in [0.5, 0.6) is 5.75 Å². The summed E-state index contributed by atoms with van der Waals surface area (Å²) in [5.41, 5.74) is 0.434. The van der Waals surface area contributed by atoms with Crippen molar-refractivity contribution in [3.63, 3.8) is 0 Å². The Labute approximate surface area is 101 Å². The lowest BCUT2D eigenvalue weighted by molar-refractivity contribution is -0.123. The normalized spacial score (nSPS) is 9.76.